The summed E-state index contributed by atoms with van der Waals surface area (Å²) in [7, 11) is 0. The van der Waals surface area contributed by atoms with Gasteiger partial charge in [0, 0.05) is 0 Å². The molecule has 120 valence electrons. The zero-order chi connectivity index (χ0) is 16.7. The zero-order valence-corrected chi connectivity index (χ0v) is 18.0. The summed E-state index contributed by atoms with van der Waals surface area (Å²) in [6.07, 6.45) is 0. The minimum atomic E-state index is -0.794. The molecule has 1 aliphatic heterocycles. The van der Waals surface area contributed by atoms with Gasteiger partial charge in [0.05, 0.1) is 0 Å². The van der Waals surface area contributed by atoms with E-state index in [0.29, 0.717) is 0 Å². The van der Waals surface area contributed by atoms with Crippen LogP contribution in [-0.2, 0) is 0 Å². The van der Waals surface area contributed by atoms with Crippen molar-refractivity contribution >= 4 is 33.1 Å². The van der Waals surface area contributed by atoms with Crippen molar-refractivity contribution in [1.82, 2.24) is 0 Å². The van der Waals surface area contributed by atoms with Gasteiger partial charge in [0.15, 0.2) is 0 Å². The molecule has 0 N–H and O–H groups in total. The second kappa shape index (κ2) is 6.39. The maximum atomic E-state index is 2.70. The van der Waals surface area contributed by atoms with Crippen molar-refractivity contribution < 1.29 is 0 Å². The topological polar surface area (TPSA) is 6.48 Å². The minimum absolute atomic E-state index is 0.794. The Morgan fingerprint density at radius 1 is 0.609 bits per heavy atom. The Kier molecular flexibility index (Phi) is 4.63. The number of benzene rings is 2. The van der Waals surface area contributed by atoms with Crippen LogP contribution in [0.2, 0.25) is 0 Å². The molecule has 1 heterocycles. The first kappa shape index (κ1) is 16.7. The molecule has 2 aromatic carbocycles. The summed E-state index contributed by atoms with van der Waals surface area (Å²) in [5.74, 6) is 0. The van der Waals surface area contributed by atoms with E-state index in [1.165, 1.54) is 57.8 Å². The second-order valence-corrected chi connectivity index (χ2v) is 10.6. The van der Waals surface area contributed by atoms with Gasteiger partial charge in [0.25, 0.3) is 0 Å². The number of nitrogens with zero attached hydrogens (tertiary/aromatic N) is 2. The van der Waals surface area contributed by atoms with Crippen LogP contribution in [0, 0.1) is 41.5 Å². The third-order valence-electron chi connectivity index (χ3n) is 4.60. The molecule has 2 radical (unpaired) electrons. The van der Waals surface area contributed by atoms with Gasteiger partial charge < -0.3 is 0 Å². The van der Waals surface area contributed by atoms with Crippen molar-refractivity contribution in [2.45, 2.75) is 41.5 Å². The van der Waals surface area contributed by atoms with Gasteiger partial charge in [-0.2, -0.15) is 0 Å². The Hall–Kier alpha value is -1.16. The van der Waals surface area contributed by atoms with Crippen LogP contribution in [-0.4, -0.2) is 34.8 Å². The van der Waals surface area contributed by atoms with Crippen LogP contribution < -0.4 is 6.24 Å². The summed E-state index contributed by atoms with van der Waals surface area (Å²) >= 11 is -0.794. The van der Waals surface area contributed by atoms with E-state index in [0.717, 1.165) is 0 Å². The zero-order valence-electron chi connectivity index (χ0n) is 15.1. The molecule has 3 rings (SSSR count). The molecule has 0 aromatic heterocycles. The van der Waals surface area contributed by atoms with Crippen LogP contribution in [0.3, 0.4) is 0 Å². The standard InChI is InChI=1S/C20H26N2.Sn/c1-13-9-15(3)19(16(4)10-13)21-7-8-22-20-17(5)11-14(2)12-18(20)6;/h9-12H,7-8H2,1-6H3;/q-2;+2. The fourth-order valence-electron chi connectivity index (χ4n) is 3.97. The Morgan fingerprint density at radius 2 is 0.913 bits per heavy atom. The van der Waals surface area contributed by atoms with Gasteiger partial charge in [-0.05, 0) is 0 Å². The first-order valence-corrected chi connectivity index (χ1v) is 10.9. The van der Waals surface area contributed by atoms with Gasteiger partial charge in [-0.3, -0.25) is 0 Å². The second-order valence-electron chi connectivity index (χ2n) is 6.90. The molecule has 0 bridgehead atoms. The molecule has 0 amide bonds. The number of rotatable bonds is 2. The van der Waals surface area contributed by atoms with Crippen LogP contribution in [0.25, 0.3) is 0 Å². The van der Waals surface area contributed by atoms with Crippen LogP contribution in [0.1, 0.15) is 33.4 Å². The molecule has 0 aliphatic carbocycles. The SMILES string of the molecule is Cc1cc(C)c([N]2CC[N](c3c(C)cc(C)cc3C)[Sn]2)c(C)c1. The van der Waals surface area contributed by atoms with Crippen LogP contribution >= 0.6 is 0 Å². The summed E-state index contributed by atoms with van der Waals surface area (Å²) in [6, 6.07) is 9.30. The van der Waals surface area contributed by atoms with Crippen LogP contribution in [0.4, 0.5) is 11.4 Å². The molecule has 1 saturated heterocycles. The van der Waals surface area contributed by atoms with Crippen molar-refractivity contribution in [2.75, 3.05) is 19.3 Å². The maximum absolute atomic E-state index is 2.70. The van der Waals surface area contributed by atoms with Crippen molar-refractivity contribution in [1.29, 1.82) is 0 Å². The molecule has 0 saturated carbocycles. The van der Waals surface area contributed by atoms with Crippen molar-refractivity contribution in [2.24, 2.45) is 0 Å². The van der Waals surface area contributed by atoms with Crippen LogP contribution in [0.15, 0.2) is 24.3 Å². The number of aryl methyl sites for hydroxylation is 6. The van der Waals surface area contributed by atoms with E-state index >= 15 is 0 Å². The number of anilines is 2. The number of hydrogen-bond donors (Lipinski definition) is 0. The monoisotopic (exact) mass is 414 g/mol. The molecular weight excluding hydrogens is 387 g/mol. The molecule has 1 fully saturated rings. The first-order valence-electron chi connectivity index (χ1n) is 8.34. The summed E-state index contributed by atoms with van der Waals surface area (Å²) in [5, 5.41) is 0. The van der Waals surface area contributed by atoms with E-state index in [-0.39, 0.29) is 0 Å². The predicted octanol–water partition coefficient (Wildman–Crippen LogP) is 4.40. The quantitative estimate of drug-likeness (QED) is 0.674. The number of hydrogen-bond acceptors (Lipinski definition) is 2. The molecule has 3 heteroatoms. The van der Waals surface area contributed by atoms with Gasteiger partial charge in [-0.15, -0.1) is 0 Å². The van der Waals surface area contributed by atoms with Crippen molar-refractivity contribution in [3.05, 3.63) is 57.6 Å². The van der Waals surface area contributed by atoms with E-state index in [1.54, 1.807) is 0 Å². The molecule has 2 nitrogen and oxygen atoms in total. The molecule has 2 aromatic rings. The van der Waals surface area contributed by atoms with Gasteiger partial charge >= 0.3 is 152 Å². The van der Waals surface area contributed by atoms with Gasteiger partial charge in [-0.1, -0.05) is 0 Å². The van der Waals surface area contributed by atoms with Crippen LogP contribution in [0.5, 0.6) is 0 Å². The Balaban J connectivity index is 1.91. The first-order chi connectivity index (χ1) is 10.9. The molecular formula is C20H26N2Sn. The van der Waals surface area contributed by atoms with E-state index < -0.39 is 21.7 Å². The van der Waals surface area contributed by atoms with Gasteiger partial charge in [0.1, 0.15) is 0 Å². The third-order valence-corrected chi connectivity index (χ3v) is 8.53. The summed E-state index contributed by atoms with van der Waals surface area (Å²) in [5.41, 5.74) is 11.5. The Morgan fingerprint density at radius 3 is 1.22 bits per heavy atom. The summed E-state index contributed by atoms with van der Waals surface area (Å²) in [4.78, 5) is 0. The molecule has 0 unspecified atom stereocenters. The molecule has 0 atom stereocenters. The van der Waals surface area contributed by atoms with E-state index in [2.05, 4.69) is 72.1 Å². The van der Waals surface area contributed by atoms with E-state index in [9.17, 15) is 0 Å². The molecule has 1 aliphatic rings. The fourth-order valence-corrected chi connectivity index (χ4v) is 8.52. The summed E-state index contributed by atoms with van der Waals surface area (Å²) < 4.78 is 5.40. The summed E-state index contributed by atoms with van der Waals surface area (Å²) in [6.45, 7) is 15.8. The fraction of sp³-hybridized carbons (Fsp3) is 0.400. The van der Waals surface area contributed by atoms with Crippen molar-refractivity contribution in [3.8, 4) is 0 Å². The van der Waals surface area contributed by atoms with Gasteiger partial charge in [-0.25, -0.2) is 0 Å². The Bertz CT molecular complexity index is 642. The predicted molar refractivity (Wildman–Crippen MR) is 102 cm³/mol. The Labute approximate surface area is 151 Å². The average Bonchev–Trinajstić information content (AvgIpc) is 2.85. The van der Waals surface area contributed by atoms with E-state index in [1.807, 2.05) is 0 Å². The van der Waals surface area contributed by atoms with Gasteiger partial charge in [0.2, 0.25) is 0 Å². The third kappa shape index (κ3) is 3.23. The van der Waals surface area contributed by atoms with E-state index in [4.69, 9.17) is 0 Å². The molecule has 23 heavy (non-hydrogen) atoms. The van der Waals surface area contributed by atoms with Crippen molar-refractivity contribution in [3.63, 3.8) is 0 Å². The average molecular weight is 413 g/mol. The molecule has 0 spiro atoms. The normalized spacial score (nSPS) is 14.7.